The second-order valence-electron chi connectivity index (χ2n) is 5.10. The first-order valence-electron chi connectivity index (χ1n) is 7.68. The van der Waals surface area contributed by atoms with Crippen LogP contribution in [0.5, 0.6) is 5.88 Å². The third kappa shape index (κ3) is 5.17. The summed E-state index contributed by atoms with van der Waals surface area (Å²) in [6.45, 7) is 10.4. The topological polar surface area (TPSA) is 35.0 Å². The summed E-state index contributed by atoms with van der Waals surface area (Å²) >= 11 is 0. The second kappa shape index (κ2) is 8.13. The van der Waals surface area contributed by atoms with Crippen molar-refractivity contribution in [2.24, 2.45) is 5.92 Å². The SMILES string of the molecule is CC.CCc1cc(OC2CCC(C)CC2)nc(C)n1. The quantitative estimate of drug-likeness (QED) is 0.815. The van der Waals surface area contributed by atoms with Crippen LogP contribution in [0.3, 0.4) is 0 Å². The summed E-state index contributed by atoms with van der Waals surface area (Å²) in [6.07, 6.45) is 6.15. The average molecular weight is 264 g/mol. The summed E-state index contributed by atoms with van der Waals surface area (Å²) in [6, 6.07) is 1.98. The summed E-state index contributed by atoms with van der Waals surface area (Å²) in [5.74, 6) is 2.42. The first kappa shape index (κ1) is 15.9. The molecular formula is C16H28N2O. The van der Waals surface area contributed by atoms with Crippen LogP contribution in [0.15, 0.2) is 6.07 Å². The molecular weight excluding hydrogens is 236 g/mol. The number of nitrogens with zero attached hydrogens (tertiary/aromatic N) is 2. The van der Waals surface area contributed by atoms with Gasteiger partial charge in [0, 0.05) is 11.8 Å². The minimum atomic E-state index is 0.352. The Kier molecular flexibility index (Phi) is 6.82. The number of hydrogen-bond donors (Lipinski definition) is 0. The van der Waals surface area contributed by atoms with Crippen molar-refractivity contribution in [1.82, 2.24) is 9.97 Å². The molecule has 0 spiro atoms. The predicted octanol–water partition coefficient (Wildman–Crippen LogP) is 4.33. The van der Waals surface area contributed by atoms with Gasteiger partial charge in [-0.3, -0.25) is 0 Å². The van der Waals surface area contributed by atoms with Crippen molar-refractivity contribution < 1.29 is 4.74 Å². The standard InChI is InChI=1S/C14H22N2O.C2H6/c1-4-12-9-14(16-11(3)15-12)17-13-7-5-10(2)6-8-13;1-2/h9-10,13H,4-8H2,1-3H3;1-2H3. The van der Waals surface area contributed by atoms with Crippen LogP contribution in [-0.2, 0) is 6.42 Å². The van der Waals surface area contributed by atoms with Gasteiger partial charge in [-0.05, 0) is 44.9 Å². The van der Waals surface area contributed by atoms with E-state index < -0.39 is 0 Å². The zero-order valence-electron chi connectivity index (χ0n) is 13.1. The lowest BCUT2D eigenvalue weighted by Gasteiger charge is -2.26. The van der Waals surface area contributed by atoms with Gasteiger partial charge in [0.25, 0.3) is 0 Å². The largest absolute Gasteiger partial charge is 0.474 e. The minimum absolute atomic E-state index is 0.352. The van der Waals surface area contributed by atoms with Crippen molar-refractivity contribution in [3.63, 3.8) is 0 Å². The molecule has 0 N–H and O–H groups in total. The zero-order valence-corrected chi connectivity index (χ0v) is 13.1. The lowest BCUT2D eigenvalue weighted by molar-refractivity contribution is 0.129. The van der Waals surface area contributed by atoms with Crippen LogP contribution in [-0.4, -0.2) is 16.1 Å². The molecule has 0 saturated heterocycles. The van der Waals surface area contributed by atoms with Crippen molar-refractivity contribution in [2.45, 2.75) is 72.8 Å². The number of aromatic nitrogens is 2. The van der Waals surface area contributed by atoms with Crippen molar-refractivity contribution in [3.8, 4) is 5.88 Å². The van der Waals surface area contributed by atoms with Gasteiger partial charge in [0.1, 0.15) is 11.9 Å². The molecule has 0 aliphatic heterocycles. The maximum Gasteiger partial charge on any atom is 0.217 e. The molecule has 1 fully saturated rings. The number of ether oxygens (including phenoxy) is 1. The van der Waals surface area contributed by atoms with Gasteiger partial charge in [-0.15, -0.1) is 0 Å². The molecule has 0 aromatic carbocycles. The van der Waals surface area contributed by atoms with Gasteiger partial charge in [-0.25, -0.2) is 4.98 Å². The first-order chi connectivity index (χ1) is 9.17. The van der Waals surface area contributed by atoms with Crippen molar-refractivity contribution in [3.05, 3.63) is 17.6 Å². The van der Waals surface area contributed by atoms with E-state index in [1.54, 1.807) is 0 Å². The lowest BCUT2D eigenvalue weighted by atomic mass is 9.89. The van der Waals surface area contributed by atoms with Gasteiger partial charge >= 0.3 is 0 Å². The highest BCUT2D eigenvalue weighted by atomic mass is 16.5. The number of rotatable bonds is 3. The van der Waals surface area contributed by atoms with Crippen molar-refractivity contribution >= 4 is 0 Å². The maximum atomic E-state index is 5.98. The molecule has 0 amide bonds. The van der Waals surface area contributed by atoms with E-state index in [1.165, 1.54) is 12.8 Å². The number of hydrogen-bond acceptors (Lipinski definition) is 3. The highest BCUT2D eigenvalue weighted by Crippen LogP contribution is 2.26. The predicted molar refractivity (Wildman–Crippen MR) is 79.5 cm³/mol. The van der Waals surface area contributed by atoms with E-state index >= 15 is 0 Å². The highest BCUT2D eigenvalue weighted by molar-refractivity contribution is 5.16. The second-order valence-corrected chi connectivity index (χ2v) is 5.10. The molecule has 0 unspecified atom stereocenters. The molecule has 3 nitrogen and oxygen atoms in total. The summed E-state index contributed by atoms with van der Waals surface area (Å²) in [7, 11) is 0. The van der Waals surface area contributed by atoms with Crippen LogP contribution in [0.1, 0.15) is 64.9 Å². The van der Waals surface area contributed by atoms with E-state index in [0.717, 1.165) is 42.6 Å². The van der Waals surface area contributed by atoms with E-state index in [2.05, 4.69) is 23.8 Å². The van der Waals surface area contributed by atoms with Crippen molar-refractivity contribution in [1.29, 1.82) is 0 Å². The molecule has 3 heteroatoms. The lowest BCUT2D eigenvalue weighted by Crippen LogP contribution is -2.23. The fourth-order valence-corrected chi connectivity index (χ4v) is 2.36. The van der Waals surface area contributed by atoms with Crippen LogP contribution in [0, 0.1) is 12.8 Å². The Morgan fingerprint density at radius 1 is 1.16 bits per heavy atom. The fraction of sp³-hybridized carbons (Fsp3) is 0.750. The molecule has 1 aliphatic rings. The van der Waals surface area contributed by atoms with Gasteiger partial charge in [0.2, 0.25) is 5.88 Å². The van der Waals surface area contributed by atoms with E-state index in [-0.39, 0.29) is 0 Å². The summed E-state index contributed by atoms with van der Waals surface area (Å²) in [5, 5.41) is 0. The van der Waals surface area contributed by atoms with E-state index in [9.17, 15) is 0 Å². The van der Waals surface area contributed by atoms with Crippen LogP contribution in [0.4, 0.5) is 0 Å². The molecule has 1 heterocycles. The molecule has 2 rings (SSSR count). The van der Waals surface area contributed by atoms with E-state index in [1.807, 2.05) is 26.8 Å². The minimum Gasteiger partial charge on any atom is -0.474 e. The average Bonchev–Trinajstić information content (AvgIpc) is 2.43. The molecule has 19 heavy (non-hydrogen) atoms. The normalized spacial score (nSPS) is 22.4. The van der Waals surface area contributed by atoms with Gasteiger partial charge in [-0.1, -0.05) is 27.7 Å². The van der Waals surface area contributed by atoms with Gasteiger partial charge in [0.05, 0.1) is 0 Å². The van der Waals surface area contributed by atoms with Crippen LogP contribution >= 0.6 is 0 Å². The maximum absolute atomic E-state index is 5.98. The Hall–Kier alpha value is -1.12. The Morgan fingerprint density at radius 2 is 1.79 bits per heavy atom. The van der Waals surface area contributed by atoms with E-state index in [4.69, 9.17) is 4.74 Å². The molecule has 1 aliphatic carbocycles. The molecule has 0 radical (unpaired) electrons. The Bertz CT molecular complexity index is 371. The van der Waals surface area contributed by atoms with Crippen molar-refractivity contribution in [2.75, 3.05) is 0 Å². The molecule has 1 saturated carbocycles. The van der Waals surface area contributed by atoms with Gasteiger partial charge < -0.3 is 4.74 Å². The summed E-state index contributed by atoms with van der Waals surface area (Å²) in [4.78, 5) is 8.73. The fourth-order valence-electron chi connectivity index (χ4n) is 2.36. The van der Waals surface area contributed by atoms with Gasteiger partial charge in [-0.2, -0.15) is 4.98 Å². The monoisotopic (exact) mass is 264 g/mol. The Labute approximate surface area is 117 Å². The van der Waals surface area contributed by atoms with Crippen LogP contribution < -0.4 is 4.74 Å². The summed E-state index contributed by atoms with van der Waals surface area (Å²) in [5.41, 5.74) is 1.07. The van der Waals surface area contributed by atoms with E-state index in [0.29, 0.717) is 6.10 Å². The first-order valence-corrected chi connectivity index (χ1v) is 7.68. The highest BCUT2D eigenvalue weighted by Gasteiger charge is 2.20. The third-order valence-electron chi connectivity index (χ3n) is 3.48. The number of aryl methyl sites for hydroxylation is 2. The zero-order chi connectivity index (χ0) is 14.3. The Morgan fingerprint density at radius 3 is 2.37 bits per heavy atom. The van der Waals surface area contributed by atoms with Gasteiger partial charge in [0.15, 0.2) is 0 Å². The molecule has 0 atom stereocenters. The summed E-state index contributed by atoms with van der Waals surface area (Å²) < 4.78 is 5.98. The Balaban J connectivity index is 0.000000861. The van der Waals surface area contributed by atoms with Crippen LogP contribution in [0.25, 0.3) is 0 Å². The molecule has 1 aromatic rings. The van der Waals surface area contributed by atoms with Crippen LogP contribution in [0.2, 0.25) is 0 Å². The smallest absolute Gasteiger partial charge is 0.217 e. The molecule has 0 bridgehead atoms. The molecule has 1 aromatic heterocycles. The molecule has 108 valence electrons. The third-order valence-corrected chi connectivity index (χ3v) is 3.48.